The maximum atomic E-state index is 12.6. The maximum Gasteiger partial charge on any atom is 0.293 e. The molecule has 1 aliphatic heterocycles. The Kier molecular flexibility index (Phi) is 6.90. The number of hydrogen-bond acceptors (Lipinski definition) is 6. The second kappa shape index (κ2) is 10.0. The highest BCUT2D eigenvalue weighted by atomic mass is 35.5. The van der Waals surface area contributed by atoms with Crippen LogP contribution in [0.2, 0.25) is 5.02 Å². The van der Waals surface area contributed by atoms with Crippen molar-refractivity contribution in [3.8, 4) is 0 Å². The zero-order valence-electron chi connectivity index (χ0n) is 17.3. The van der Waals surface area contributed by atoms with Crippen molar-refractivity contribution in [2.45, 2.75) is 12.8 Å². The Bertz CT molecular complexity index is 1340. The van der Waals surface area contributed by atoms with Crippen molar-refractivity contribution in [2.24, 2.45) is 0 Å². The first kappa shape index (κ1) is 22.8. The first-order valence-electron chi connectivity index (χ1n) is 10.2. The number of benzene rings is 2. The number of imide groups is 1. The summed E-state index contributed by atoms with van der Waals surface area (Å²) in [7, 11) is 0. The van der Waals surface area contributed by atoms with E-state index in [1.54, 1.807) is 54.6 Å². The van der Waals surface area contributed by atoms with E-state index in [1.165, 1.54) is 0 Å². The van der Waals surface area contributed by atoms with Crippen LogP contribution in [0.4, 0.5) is 4.79 Å². The predicted octanol–water partition coefficient (Wildman–Crippen LogP) is 3.36. The Hall–Kier alpha value is -3.43. The normalized spacial score (nSPS) is 14.9. The highest BCUT2D eigenvalue weighted by molar-refractivity contribution is 8.18. The molecular formula is C23H19ClN4O4S. The van der Waals surface area contributed by atoms with E-state index in [2.05, 4.69) is 15.3 Å². The van der Waals surface area contributed by atoms with Gasteiger partial charge in [0.1, 0.15) is 5.82 Å². The molecule has 0 aliphatic carbocycles. The van der Waals surface area contributed by atoms with Crippen molar-refractivity contribution in [3.05, 3.63) is 80.2 Å². The number of aromatic amines is 1. The zero-order chi connectivity index (χ0) is 23.4. The highest BCUT2D eigenvalue weighted by Crippen LogP contribution is 2.33. The smallest absolute Gasteiger partial charge is 0.293 e. The van der Waals surface area contributed by atoms with Crippen molar-refractivity contribution in [1.82, 2.24) is 20.2 Å². The molecule has 0 saturated carbocycles. The largest absolute Gasteiger partial charge is 0.354 e. The number of fused-ring (bicyclic) bond motifs is 1. The van der Waals surface area contributed by atoms with E-state index in [9.17, 15) is 19.2 Å². The van der Waals surface area contributed by atoms with Gasteiger partial charge in [-0.3, -0.25) is 24.1 Å². The predicted molar refractivity (Wildman–Crippen MR) is 128 cm³/mol. The molecule has 1 aromatic heterocycles. The second-order valence-electron chi connectivity index (χ2n) is 7.23. The fourth-order valence-electron chi connectivity index (χ4n) is 3.31. The average Bonchev–Trinajstić information content (AvgIpc) is 3.06. The van der Waals surface area contributed by atoms with E-state index in [1.807, 2.05) is 0 Å². The van der Waals surface area contributed by atoms with Gasteiger partial charge in [-0.1, -0.05) is 41.9 Å². The Balaban J connectivity index is 1.29. The summed E-state index contributed by atoms with van der Waals surface area (Å²) in [4.78, 5) is 57.5. The van der Waals surface area contributed by atoms with Crippen LogP contribution in [0.3, 0.4) is 0 Å². The van der Waals surface area contributed by atoms with Crippen LogP contribution in [0, 0.1) is 0 Å². The van der Waals surface area contributed by atoms with E-state index in [0.717, 1.165) is 16.7 Å². The van der Waals surface area contributed by atoms with Gasteiger partial charge in [-0.25, -0.2) is 4.98 Å². The summed E-state index contributed by atoms with van der Waals surface area (Å²) in [6.07, 6.45) is 1.95. The van der Waals surface area contributed by atoms with Gasteiger partial charge in [-0.15, -0.1) is 0 Å². The number of halogens is 1. The molecule has 2 N–H and O–H groups in total. The molecule has 0 atom stereocenters. The van der Waals surface area contributed by atoms with E-state index < -0.39 is 11.1 Å². The Morgan fingerprint density at radius 2 is 1.88 bits per heavy atom. The molecule has 8 nitrogen and oxygen atoms in total. The molecule has 168 valence electrons. The second-order valence-corrected chi connectivity index (χ2v) is 8.63. The lowest BCUT2D eigenvalue weighted by atomic mass is 10.2. The summed E-state index contributed by atoms with van der Waals surface area (Å²) in [5, 5.41) is 3.27. The number of carbonyl (C=O) groups is 3. The van der Waals surface area contributed by atoms with Gasteiger partial charge in [0.2, 0.25) is 5.91 Å². The maximum absolute atomic E-state index is 12.6. The molecule has 3 amide bonds. The van der Waals surface area contributed by atoms with Crippen LogP contribution in [-0.4, -0.2) is 45.0 Å². The number of aryl methyl sites for hydroxylation is 1. The molecule has 1 aliphatic rings. The van der Waals surface area contributed by atoms with Crippen LogP contribution in [0.15, 0.2) is 58.2 Å². The third-order valence-electron chi connectivity index (χ3n) is 4.97. The van der Waals surface area contributed by atoms with Crippen LogP contribution in [0.25, 0.3) is 17.0 Å². The Labute approximate surface area is 198 Å². The topological polar surface area (TPSA) is 112 Å². The highest BCUT2D eigenvalue weighted by Gasteiger charge is 2.34. The number of amides is 3. The minimum atomic E-state index is -0.419. The quantitative estimate of drug-likeness (QED) is 0.499. The van der Waals surface area contributed by atoms with Crippen molar-refractivity contribution < 1.29 is 14.4 Å². The van der Waals surface area contributed by atoms with Crippen molar-refractivity contribution in [2.75, 3.05) is 13.1 Å². The van der Waals surface area contributed by atoms with Gasteiger partial charge in [0.05, 0.1) is 15.8 Å². The number of thioether (sulfide) groups is 1. The lowest BCUT2D eigenvalue weighted by Gasteiger charge is -2.13. The zero-order valence-corrected chi connectivity index (χ0v) is 18.9. The molecule has 33 heavy (non-hydrogen) atoms. The number of nitrogens with zero attached hydrogens (tertiary/aromatic N) is 2. The van der Waals surface area contributed by atoms with E-state index in [0.29, 0.717) is 27.3 Å². The molecule has 4 rings (SSSR count). The number of para-hydroxylation sites is 1. The van der Waals surface area contributed by atoms with E-state index in [4.69, 9.17) is 11.6 Å². The minimum absolute atomic E-state index is 0.0569. The fraction of sp³-hybridized carbons (Fsp3) is 0.174. The van der Waals surface area contributed by atoms with Crippen molar-refractivity contribution >= 4 is 57.4 Å². The Morgan fingerprint density at radius 1 is 1.12 bits per heavy atom. The standard InChI is InChI=1S/C23H19ClN4O4S/c24-16-7-3-1-5-14(16)13-18-22(31)28(23(32)33-18)12-11-25-20(29)10-9-19-26-17-8-4-2-6-15(17)21(30)27-19/h1-8,13H,9-12H2,(H,25,29)(H,26,27,30)/b18-13-. The number of hydrogen-bond donors (Lipinski definition) is 2. The molecule has 0 bridgehead atoms. The monoisotopic (exact) mass is 482 g/mol. The van der Waals surface area contributed by atoms with E-state index >= 15 is 0 Å². The third kappa shape index (κ3) is 5.32. The third-order valence-corrected chi connectivity index (χ3v) is 6.23. The lowest BCUT2D eigenvalue weighted by molar-refractivity contribution is -0.124. The molecule has 0 unspecified atom stereocenters. The van der Waals surface area contributed by atoms with Crippen LogP contribution >= 0.6 is 23.4 Å². The molecule has 1 fully saturated rings. The first-order chi connectivity index (χ1) is 15.9. The molecule has 10 heteroatoms. The summed E-state index contributed by atoms with van der Waals surface area (Å²) < 4.78 is 0. The minimum Gasteiger partial charge on any atom is -0.354 e. The molecule has 0 radical (unpaired) electrons. The first-order valence-corrected chi connectivity index (χ1v) is 11.4. The molecule has 2 aromatic carbocycles. The van der Waals surface area contributed by atoms with Gasteiger partial charge in [-0.05, 0) is 41.6 Å². The average molecular weight is 483 g/mol. The van der Waals surface area contributed by atoms with Crippen LogP contribution in [0.1, 0.15) is 17.8 Å². The molecule has 0 spiro atoms. The number of nitrogens with one attached hydrogen (secondary N) is 2. The number of carbonyl (C=O) groups excluding carboxylic acids is 3. The molecule has 3 aromatic rings. The molecular weight excluding hydrogens is 464 g/mol. The number of aromatic nitrogens is 2. The van der Waals surface area contributed by atoms with Gasteiger partial charge in [0, 0.05) is 31.0 Å². The van der Waals surface area contributed by atoms with Crippen LogP contribution in [-0.2, 0) is 16.0 Å². The SMILES string of the molecule is O=C(CCc1nc2ccccc2c(=O)[nH]1)NCCN1C(=O)S/C(=C\c2ccccc2Cl)C1=O. The summed E-state index contributed by atoms with van der Waals surface area (Å²) in [6.45, 7) is 0.180. The number of rotatable bonds is 7. The van der Waals surface area contributed by atoms with Gasteiger partial charge in [-0.2, -0.15) is 0 Å². The van der Waals surface area contributed by atoms with Gasteiger partial charge < -0.3 is 10.3 Å². The summed E-state index contributed by atoms with van der Waals surface area (Å²) in [6, 6.07) is 14.0. The summed E-state index contributed by atoms with van der Waals surface area (Å²) in [5.41, 5.74) is 0.972. The van der Waals surface area contributed by atoms with Crippen LogP contribution in [0.5, 0.6) is 0 Å². The fourth-order valence-corrected chi connectivity index (χ4v) is 4.35. The van der Waals surface area contributed by atoms with Gasteiger partial charge in [0.25, 0.3) is 16.7 Å². The van der Waals surface area contributed by atoms with Crippen molar-refractivity contribution in [1.29, 1.82) is 0 Å². The Morgan fingerprint density at radius 3 is 2.70 bits per heavy atom. The van der Waals surface area contributed by atoms with Crippen molar-refractivity contribution in [3.63, 3.8) is 0 Å². The van der Waals surface area contributed by atoms with E-state index in [-0.39, 0.29) is 42.3 Å². The summed E-state index contributed by atoms with van der Waals surface area (Å²) in [5.74, 6) is -0.272. The molecule has 2 heterocycles. The summed E-state index contributed by atoms with van der Waals surface area (Å²) >= 11 is 6.96. The van der Waals surface area contributed by atoms with Gasteiger partial charge in [0.15, 0.2) is 0 Å². The molecule has 1 saturated heterocycles. The van der Waals surface area contributed by atoms with Crippen LogP contribution < -0.4 is 10.9 Å². The number of H-pyrrole nitrogens is 1. The van der Waals surface area contributed by atoms with Gasteiger partial charge >= 0.3 is 0 Å². The lowest BCUT2D eigenvalue weighted by Crippen LogP contribution is -2.37.